The smallest absolute Gasteiger partial charge is 0.111 e. The van der Waals surface area contributed by atoms with Crippen LogP contribution in [0.4, 0.5) is 0 Å². The summed E-state index contributed by atoms with van der Waals surface area (Å²) in [5, 5.41) is 2.81. The zero-order valence-corrected chi connectivity index (χ0v) is 25.4. The SMILES string of the molecule is [2H]c1c([2H])c([2H])c(-c2cccc(-c3c4ccccc4c(-c4ccccc4-n4c(C([2H])([2H])[2H])nc5ccccc54)c4ccc(-c5c([2H])c([2H])c([2H])c([2H])c5[2H])cc34)c2)c([2H])c1[2H]. The Balaban J connectivity index is 1.43. The highest BCUT2D eigenvalue weighted by Gasteiger charge is 2.21. The number of rotatable bonds is 5. The van der Waals surface area contributed by atoms with Crippen LogP contribution in [0.15, 0.2) is 176 Å². The Morgan fingerprint density at radius 3 is 1.90 bits per heavy atom. The number of aryl methyl sites for hydroxylation is 1. The van der Waals surface area contributed by atoms with Gasteiger partial charge in [-0.1, -0.05) is 145 Å². The van der Waals surface area contributed by atoms with Gasteiger partial charge in [-0.15, -0.1) is 0 Å². The Morgan fingerprint density at radius 1 is 0.500 bits per heavy atom. The number of hydrogen-bond acceptors (Lipinski definition) is 1. The van der Waals surface area contributed by atoms with Crippen LogP contribution in [0.3, 0.4) is 0 Å². The van der Waals surface area contributed by atoms with Crippen LogP contribution >= 0.6 is 0 Å². The van der Waals surface area contributed by atoms with E-state index in [1.165, 1.54) is 0 Å². The van der Waals surface area contributed by atoms with Gasteiger partial charge in [0.2, 0.25) is 0 Å². The molecule has 226 valence electrons. The molecule has 0 radical (unpaired) electrons. The highest BCUT2D eigenvalue weighted by atomic mass is 15.1. The molecule has 0 spiro atoms. The summed E-state index contributed by atoms with van der Waals surface area (Å²) >= 11 is 0. The standard InChI is InChI=1S/C46H32N2/c1-31-47-42-24-11-13-26-44(42)48(31)43-25-12-10-23-40(43)46-38-22-9-8-21-37(38)45(36-20-14-19-34(29-36)32-15-4-2-5-16-32)41-30-35(27-28-39(41)46)33-17-6-3-7-18-33/h2-30H,1H3/i1D3,2D,3D,4D,5D,6D,7D,15D,16D,17D,18D. The van der Waals surface area contributed by atoms with Crippen molar-refractivity contribution in [3.8, 4) is 50.2 Å². The van der Waals surface area contributed by atoms with E-state index in [0.717, 1.165) is 16.3 Å². The molecule has 9 rings (SSSR count). The van der Waals surface area contributed by atoms with E-state index in [-0.39, 0.29) is 41.1 Å². The molecule has 0 aliphatic heterocycles. The highest BCUT2D eigenvalue weighted by molar-refractivity contribution is 6.22. The van der Waals surface area contributed by atoms with Crippen molar-refractivity contribution < 1.29 is 17.8 Å². The van der Waals surface area contributed by atoms with Crippen molar-refractivity contribution >= 4 is 32.6 Å². The van der Waals surface area contributed by atoms with Gasteiger partial charge in [0.05, 0.1) is 30.4 Å². The molecular weight excluding hydrogens is 581 g/mol. The quantitative estimate of drug-likeness (QED) is 0.174. The summed E-state index contributed by atoms with van der Waals surface area (Å²) in [6.07, 6.45) is 0. The van der Waals surface area contributed by atoms with Crippen LogP contribution in [0, 0.1) is 6.85 Å². The van der Waals surface area contributed by atoms with Crippen LogP contribution in [0.25, 0.3) is 82.8 Å². The van der Waals surface area contributed by atoms with Crippen molar-refractivity contribution in [2.24, 2.45) is 0 Å². The molecule has 0 saturated carbocycles. The van der Waals surface area contributed by atoms with Gasteiger partial charge in [-0.05, 0) is 97.7 Å². The summed E-state index contributed by atoms with van der Waals surface area (Å²) in [6.45, 7) is -2.58. The van der Waals surface area contributed by atoms with E-state index < -0.39 is 43.1 Å². The van der Waals surface area contributed by atoms with E-state index in [1.807, 2.05) is 72.8 Å². The van der Waals surface area contributed by atoms with Crippen LogP contribution in [-0.2, 0) is 0 Å². The summed E-state index contributed by atoms with van der Waals surface area (Å²) in [4.78, 5) is 4.58. The maximum Gasteiger partial charge on any atom is 0.111 e. The summed E-state index contributed by atoms with van der Waals surface area (Å²) in [7, 11) is 0. The summed E-state index contributed by atoms with van der Waals surface area (Å²) in [5.74, 6) is -0.112. The molecule has 0 unspecified atom stereocenters. The van der Waals surface area contributed by atoms with E-state index in [1.54, 1.807) is 47.0 Å². The van der Waals surface area contributed by atoms with E-state index in [4.69, 9.17) is 17.8 Å². The van der Waals surface area contributed by atoms with Gasteiger partial charge in [-0.2, -0.15) is 0 Å². The second kappa shape index (κ2) is 11.5. The van der Waals surface area contributed by atoms with Crippen molar-refractivity contribution in [3.05, 3.63) is 182 Å². The van der Waals surface area contributed by atoms with Crippen LogP contribution in [0.5, 0.6) is 0 Å². The molecule has 48 heavy (non-hydrogen) atoms. The molecular formula is C46H32N2. The lowest BCUT2D eigenvalue weighted by atomic mass is 9.84. The van der Waals surface area contributed by atoms with Crippen molar-refractivity contribution in [1.82, 2.24) is 9.55 Å². The summed E-state index contributed by atoms with van der Waals surface area (Å²) in [6, 6.07) is 30.4. The Hall–Kier alpha value is -6.25. The van der Waals surface area contributed by atoms with E-state index >= 15 is 0 Å². The fourth-order valence-corrected chi connectivity index (χ4v) is 6.70. The average molecular weight is 626 g/mol. The normalized spacial score (nSPS) is 15.5. The first kappa shape index (κ1) is 17.6. The molecule has 2 heteroatoms. The van der Waals surface area contributed by atoms with E-state index in [9.17, 15) is 0 Å². The summed E-state index contributed by atoms with van der Waals surface area (Å²) in [5.41, 5.74) is 5.13. The molecule has 0 bridgehead atoms. The van der Waals surface area contributed by atoms with Crippen LogP contribution in [-0.4, -0.2) is 9.55 Å². The predicted octanol–water partition coefficient (Wildman–Crippen LogP) is 12.3. The Morgan fingerprint density at radius 2 is 1.12 bits per heavy atom. The molecule has 0 N–H and O–H groups in total. The fraction of sp³-hybridized carbons (Fsp3) is 0.0217. The lowest BCUT2D eigenvalue weighted by Gasteiger charge is -2.21. The lowest BCUT2D eigenvalue weighted by Crippen LogP contribution is -2.01. The van der Waals surface area contributed by atoms with Crippen LogP contribution < -0.4 is 0 Å². The van der Waals surface area contributed by atoms with Gasteiger partial charge in [0.25, 0.3) is 0 Å². The number of hydrogen-bond donors (Lipinski definition) is 0. The zero-order chi connectivity index (χ0) is 43.2. The molecule has 0 saturated heterocycles. The van der Waals surface area contributed by atoms with Crippen molar-refractivity contribution in [2.75, 3.05) is 0 Å². The number of benzene rings is 8. The first-order chi connectivity index (χ1) is 29.1. The second-order valence-corrected chi connectivity index (χ2v) is 11.4. The van der Waals surface area contributed by atoms with Gasteiger partial charge < -0.3 is 0 Å². The molecule has 2 nitrogen and oxygen atoms in total. The number of fused-ring (bicyclic) bond motifs is 3. The van der Waals surface area contributed by atoms with Crippen molar-refractivity contribution in [3.63, 3.8) is 0 Å². The third kappa shape index (κ3) is 4.61. The van der Waals surface area contributed by atoms with Gasteiger partial charge in [0.15, 0.2) is 0 Å². The minimum atomic E-state index is -2.58. The molecule has 1 aromatic heterocycles. The van der Waals surface area contributed by atoms with Gasteiger partial charge >= 0.3 is 0 Å². The molecule has 9 aromatic rings. The van der Waals surface area contributed by atoms with Crippen molar-refractivity contribution in [1.29, 1.82) is 0 Å². The monoisotopic (exact) mass is 625 g/mol. The number of para-hydroxylation sites is 3. The molecule has 0 aliphatic carbocycles. The van der Waals surface area contributed by atoms with Gasteiger partial charge in [-0.3, -0.25) is 4.57 Å². The summed E-state index contributed by atoms with van der Waals surface area (Å²) < 4.78 is 112. The molecule has 0 amide bonds. The molecule has 0 aliphatic rings. The maximum absolute atomic E-state index is 8.86. The Labute approximate surface area is 298 Å². The van der Waals surface area contributed by atoms with Crippen molar-refractivity contribution in [2.45, 2.75) is 6.85 Å². The third-order valence-corrected chi connectivity index (χ3v) is 8.73. The average Bonchev–Trinajstić information content (AvgIpc) is 3.66. The van der Waals surface area contributed by atoms with Crippen LogP contribution in [0.1, 0.15) is 23.6 Å². The Bertz CT molecular complexity index is 3260. The second-order valence-electron chi connectivity index (χ2n) is 11.4. The predicted molar refractivity (Wildman–Crippen MR) is 203 cm³/mol. The number of aromatic nitrogens is 2. The zero-order valence-electron chi connectivity index (χ0n) is 38.4. The highest BCUT2D eigenvalue weighted by Crippen LogP contribution is 2.47. The van der Waals surface area contributed by atoms with Crippen LogP contribution in [0.2, 0.25) is 0 Å². The van der Waals surface area contributed by atoms with Gasteiger partial charge in [0, 0.05) is 9.68 Å². The first-order valence-corrected chi connectivity index (χ1v) is 15.4. The number of nitrogens with zero attached hydrogens (tertiary/aromatic N) is 2. The molecule has 8 aromatic carbocycles. The molecule has 1 heterocycles. The molecule has 0 fully saturated rings. The van der Waals surface area contributed by atoms with Gasteiger partial charge in [0.1, 0.15) is 5.82 Å². The lowest BCUT2D eigenvalue weighted by molar-refractivity contribution is 1.00. The first-order valence-electron chi connectivity index (χ1n) is 21.9. The molecule has 0 atom stereocenters. The topological polar surface area (TPSA) is 17.8 Å². The third-order valence-electron chi connectivity index (χ3n) is 8.73. The fourth-order valence-electron chi connectivity index (χ4n) is 6.70. The number of imidazole rings is 1. The largest absolute Gasteiger partial charge is 0.296 e. The minimum Gasteiger partial charge on any atom is -0.296 e. The van der Waals surface area contributed by atoms with E-state index in [0.29, 0.717) is 55.3 Å². The minimum absolute atomic E-state index is 0.00837. The van der Waals surface area contributed by atoms with E-state index in [2.05, 4.69) is 4.98 Å². The van der Waals surface area contributed by atoms with Gasteiger partial charge in [-0.25, -0.2) is 4.98 Å². The Kier molecular flexibility index (Phi) is 4.23. The maximum atomic E-state index is 8.86.